The van der Waals surface area contributed by atoms with Gasteiger partial charge >= 0.3 is 0 Å². The predicted octanol–water partition coefficient (Wildman–Crippen LogP) is 1.95. The molecule has 0 aliphatic heterocycles. The topological polar surface area (TPSA) is 63.8 Å². The van der Waals surface area contributed by atoms with Crippen molar-refractivity contribution in [1.82, 2.24) is 9.97 Å². The summed E-state index contributed by atoms with van der Waals surface area (Å²) in [5.41, 5.74) is 6.06. The zero-order valence-electron chi connectivity index (χ0n) is 8.82. The fraction of sp³-hybridized carbons (Fsp3) is 0.0909. The van der Waals surface area contributed by atoms with Gasteiger partial charge in [-0.3, -0.25) is 0 Å². The van der Waals surface area contributed by atoms with Crippen LogP contribution >= 0.6 is 0 Å². The first kappa shape index (κ1) is 11.3. The van der Waals surface area contributed by atoms with Crippen molar-refractivity contribution < 1.29 is 8.78 Å². The molecule has 0 aliphatic rings. The van der Waals surface area contributed by atoms with Crippen LogP contribution in [0.3, 0.4) is 0 Å². The molecule has 3 N–H and O–H groups in total. The summed E-state index contributed by atoms with van der Waals surface area (Å²) < 4.78 is 25.6. The van der Waals surface area contributed by atoms with Crippen LogP contribution in [0.25, 0.3) is 0 Å². The second kappa shape index (κ2) is 4.73. The molecule has 0 saturated carbocycles. The minimum Gasteiger partial charge on any atom is -0.384 e. The second-order valence-electron chi connectivity index (χ2n) is 3.41. The molecule has 0 saturated heterocycles. The molecule has 0 bridgehead atoms. The highest BCUT2D eigenvalue weighted by molar-refractivity contribution is 5.35. The zero-order valence-corrected chi connectivity index (χ0v) is 8.82. The van der Waals surface area contributed by atoms with Crippen molar-refractivity contribution in [2.24, 2.45) is 0 Å². The van der Waals surface area contributed by atoms with E-state index in [1.807, 2.05) is 0 Å². The van der Waals surface area contributed by atoms with Crippen LogP contribution in [0.5, 0.6) is 0 Å². The highest BCUT2D eigenvalue weighted by Crippen LogP contribution is 2.10. The molecule has 0 fully saturated rings. The van der Waals surface area contributed by atoms with E-state index in [0.717, 1.165) is 12.1 Å². The van der Waals surface area contributed by atoms with E-state index < -0.39 is 11.6 Å². The molecule has 1 aromatic carbocycles. The fourth-order valence-corrected chi connectivity index (χ4v) is 1.29. The maximum absolute atomic E-state index is 12.9. The number of nitrogens with one attached hydrogen (secondary N) is 1. The lowest BCUT2D eigenvalue weighted by Gasteiger charge is -2.05. The summed E-state index contributed by atoms with van der Waals surface area (Å²) >= 11 is 0. The van der Waals surface area contributed by atoms with Crippen molar-refractivity contribution in [3.8, 4) is 0 Å². The molecule has 0 unspecified atom stereocenters. The first-order valence-electron chi connectivity index (χ1n) is 4.91. The Labute approximate surface area is 96.5 Å². The molecular formula is C11H10F2N4. The van der Waals surface area contributed by atoms with E-state index in [0.29, 0.717) is 23.9 Å². The Balaban J connectivity index is 2.05. The van der Waals surface area contributed by atoms with Crippen LogP contribution < -0.4 is 11.1 Å². The summed E-state index contributed by atoms with van der Waals surface area (Å²) in [5, 5.41) is 2.86. The summed E-state index contributed by atoms with van der Waals surface area (Å²) in [6, 6.07) is 5.24. The van der Waals surface area contributed by atoms with Crippen LogP contribution in [-0.4, -0.2) is 9.97 Å². The van der Waals surface area contributed by atoms with E-state index in [4.69, 9.17) is 5.73 Å². The van der Waals surface area contributed by atoms with Gasteiger partial charge in [0.05, 0.1) is 0 Å². The smallest absolute Gasteiger partial charge is 0.224 e. The predicted molar refractivity (Wildman–Crippen MR) is 60.1 cm³/mol. The molecule has 2 aromatic rings. The number of halogens is 2. The largest absolute Gasteiger partial charge is 0.384 e. The Kier molecular flexibility index (Phi) is 3.13. The third-order valence-corrected chi connectivity index (χ3v) is 2.11. The first-order chi connectivity index (χ1) is 8.15. The van der Waals surface area contributed by atoms with Crippen LogP contribution in [0.4, 0.5) is 20.5 Å². The molecular weight excluding hydrogens is 226 g/mol. The van der Waals surface area contributed by atoms with Crippen LogP contribution in [0.2, 0.25) is 0 Å². The lowest BCUT2D eigenvalue weighted by atomic mass is 10.2. The van der Waals surface area contributed by atoms with Gasteiger partial charge in [0.2, 0.25) is 5.95 Å². The van der Waals surface area contributed by atoms with Crippen LogP contribution in [0.1, 0.15) is 5.56 Å². The fourth-order valence-electron chi connectivity index (χ4n) is 1.29. The number of hydrogen-bond donors (Lipinski definition) is 2. The normalized spacial score (nSPS) is 10.2. The zero-order chi connectivity index (χ0) is 12.3. The lowest BCUT2D eigenvalue weighted by Crippen LogP contribution is -2.05. The molecule has 0 amide bonds. The SMILES string of the molecule is Nc1ccnc(NCc2ccc(F)c(F)c2)n1. The lowest BCUT2D eigenvalue weighted by molar-refractivity contribution is 0.507. The van der Waals surface area contributed by atoms with E-state index in [2.05, 4.69) is 15.3 Å². The van der Waals surface area contributed by atoms with Crippen molar-refractivity contribution in [3.63, 3.8) is 0 Å². The Bertz CT molecular complexity index is 531. The highest BCUT2D eigenvalue weighted by atomic mass is 19.2. The summed E-state index contributed by atoms with van der Waals surface area (Å²) in [6.45, 7) is 0.292. The molecule has 0 aliphatic carbocycles. The Hall–Kier alpha value is -2.24. The Morgan fingerprint density at radius 1 is 1.18 bits per heavy atom. The molecule has 0 atom stereocenters. The van der Waals surface area contributed by atoms with Crippen molar-refractivity contribution in [1.29, 1.82) is 0 Å². The minimum absolute atomic E-state index is 0.292. The van der Waals surface area contributed by atoms with Gasteiger partial charge in [-0.05, 0) is 23.8 Å². The highest BCUT2D eigenvalue weighted by Gasteiger charge is 2.03. The van der Waals surface area contributed by atoms with Gasteiger partial charge in [0.1, 0.15) is 5.82 Å². The average Bonchev–Trinajstić information content (AvgIpc) is 2.31. The maximum atomic E-state index is 12.9. The number of nitrogens with two attached hydrogens (primary N) is 1. The third kappa shape index (κ3) is 2.87. The Morgan fingerprint density at radius 2 is 2.00 bits per heavy atom. The van der Waals surface area contributed by atoms with E-state index in [1.165, 1.54) is 12.3 Å². The van der Waals surface area contributed by atoms with Crippen molar-refractivity contribution in [3.05, 3.63) is 47.7 Å². The number of rotatable bonds is 3. The number of nitrogen functional groups attached to an aromatic ring is 1. The number of benzene rings is 1. The minimum atomic E-state index is -0.877. The van der Waals surface area contributed by atoms with Crippen LogP contribution in [0, 0.1) is 11.6 Å². The number of anilines is 2. The summed E-state index contributed by atoms with van der Waals surface area (Å²) in [6.07, 6.45) is 1.51. The molecule has 1 heterocycles. The van der Waals surface area contributed by atoms with Crippen LogP contribution in [0.15, 0.2) is 30.5 Å². The average molecular weight is 236 g/mol. The van der Waals surface area contributed by atoms with Gasteiger partial charge in [-0.25, -0.2) is 13.8 Å². The van der Waals surface area contributed by atoms with Gasteiger partial charge in [-0.2, -0.15) is 4.98 Å². The Morgan fingerprint density at radius 3 is 2.71 bits per heavy atom. The second-order valence-corrected chi connectivity index (χ2v) is 3.41. The molecule has 1 aromatic heterocycles. The van der Waals surface area contributed by atoms with Crippen molar-refractivity contribution >= 4 is 11.8 Å². The third-order valence-electron chi connectivity index (χ3n) is 2.11. The number of nitrogens with zero attached hydrogens (tertiary/aromatic N) is 2. The molecule has 88 valence electrons. The van der Waals surface area contributed by atoms with Crippen molar-refractivity contribution in [2.75, 3.05) is 11.1 Å². The van der Waals surface area contributed by atoms with Gasteiger partial charge in [0, 0.05) is 12.7 Å². The standard InChI is InChI=1S/C11H10F2N4/c12-8-2-1-7(5-9(8)13)6-16-11-15-4-3-10(14)17-11/h1-5H,6H2,(H3,14,15,16,17). The van der Waals surface area contributed by atoms with E-state index in [1.54, 1.807) is 6.07 Å². The molecule has 17 heavy (non-hydrogen) atoms. The maximum Gasteiger partial charge on any atom is 0.224 e. The van der Waals surface area contributed by atoms with Crippen LogP contribution in [-0.2, 0) is 6.54 Å². The number of aromatic nitrogens is 2. The van der Waals surface area contributed by atoms with Gasteiger partial charge in [-0.15, -0.1) is 0 Å². The summed E-state index contributed by atoms with van der Waals surface area (Å²) in [5.74, 6) is -1.06. The molecule has 4 nitrogen and oxygen atoms in total. The van der Waals surface area contributed by atoms with E-state index in [-0.39, 0.29) is 0 Å². The van der Waals surface area contributed by atoms with E-state index in [9.17, 15) is 8.78 Å². The summed E-state index contributed by atoms with van der Waals surface area (Å²) in [4.78, 5) is 7.84. The first-order valence-corrected chi connectivity index (χ1v) is 4.91. The molecule has 0 spiro atoms. The molecule has 0 radical (unpaired) electrons. The number of hydrogen-bond acceptors (Lipinski definition) is 4. The van der Waals surface area contributed by atoms with Gasteiger partial charge in [-0.1, -0.05) is 6.07 Å². The quantitative estimate of drug-likeness (QED) is 0.854. The van der Waals surface area contributed by atoms with Gasteiger partial charge in [0.15, 0.2) is 11.6 Å². The molecule has 6 heteroatoms. The summed E-state index contributed by atoms with van der Waals surface area (Å²) in [7, 11) is 0. The van der Waals surface area contributed by atoms with E-state index >= 15 is 0 Å². The monoisotopic (exact) mass is 236 g/mol. The van der Waals surface area contributed by atoms with Gasteiger partial charge < -0.3 is 11.1 Å². The van der Waals surface area contributed by atoms with Gasteiger partial charge in [0.25, 0.3) is 0 Å². The molecule has 2 rings (SSSR count). The van der Waals surface area contributed by atoms with Crippen molar-refractivity contribution in [2.45, 2.75) is 6.54 Å².